The molecule has 3 aliphatic rings. The van der Waals surface area contributed by atoms with E-state index in [9.17, 15) is 0 Å². The van der Waals surface area contributed by atoms with Gasteiger partial charge in [-0.25, -0.2) is 0 Å². The molecule has 0 radical (unpaired) electrons. The van der Waals surface area contributed by atoms with Crippen LogP contribution >= 0.6 is 0 Å². The summed E-state index contributed by atoms with van der Waals surface area (Å²) in [7, 11) is 0. The Balaban J connectivity index is 1.13. The quantitative estimate of drug-likeness (QED) is 0.165. The van der Waals surface area contributed by atoms with E-state index in [0.29, 0.717) is 0 Å². The number of nitrogens with zero attached hydrogens (tertiary/aromatic N) is 1. The van der Waals surface area contributed by atoms with E-state index in [0.717, 1.165) is 0 Å². The summed E-state index contributed by atoms with van der Waals surface area (Å²) in [5, 5.41) is 5.00. The van der Waals surface area contributed by atoms with E-state index in [1.54, 1.807) is 0 Å². The molecule has 1 nitrogen and oxygen atoms in total. The lowest BCUT2D eigenvalue weighted by atomic mass is 9.51. The SMILES string of the molecule is c1ccc2c(c1)-c1ccccc1C21c2ccccc2C2(c3ccccc3-c3ccccc32)c2c(-c3ccc4c(c3)c3ccccc3n4-c3ccc4ccccc4c3)cccc21. The molecule has 2 spiro atoms. The zero-order valence-electron chi connectivity index (χ0n) is 33.3. The van der Waals surface area contributed by atoms with Crippen LogP contribution in [0.15, 0.2) is 224 Å². The van der Waals surface area contributed by atoms with Crippen molar-refractivity contribution in [1.82, 2.24) is 4.57 Å². The fourth-order valence-corrected chi connectivity index (χ4v) is 12.3. The van der Waals surface area contributed by atoms with Crippen molar-refractivity contribution in [3.8, 4) is 39.1 Å². The molecule has 0 aliphatic heterocycles. The zero-order valence-corrected chi connectivity index (χ0v) is 33.3. The Morgan fingerprint density at radius 2 is 0.754 bits per heavy atom. The largest absolute Gasteiger partial charge is 0.309 e. The number of benzene rings is 10. The maximum absolute atomic E-state index is 2.48. The number of rotatable bonds is 2. The number of aromatic nitrogens is 1. The lowest BCUT2D eigenvalue weighted by Crippen LogP contribution is -2.44. The third kappa shape index (κ3) is 4.02. The molecule has 14 rings (SSSR count). The van der Waals surface area contributed by atoms with Gasteiger partial charge in [-0.1, -0.05) is 194 Å². The third-order valence-corrected chi connectivity index (χ3v) is 14.5. The predicted octanol–water partition coefficient (Wildman–Crippen LogP) is 14.6. The summed E-state index contributed by atoms with van der Waals surface area (Å²) in [6.45, 7) is 0. The van der Waals surface area contributed by atoms with Crippen LogP contribution < -0.4 is 0 Å². The first kappa shape index (κ1) is 33.1. The van der Waals surface area contributed by atoms with Gasteiger partial charge in [-0.3, -0.25) is 0 Å². The van der Waals surface area contributed by atoms with E-state index < -0.39 is 10.8 Å². The van der Waals surface area contributed by atoms with Crippen molar-refractivity contribution < 1.29 is 0 Å². The summed E-state index contributed by atoms with van der Waals surface area (Å²) in [6.07, 6.45) is 0. The molecule has 1 heteroatoms. The average Bonchev–Trinajstić information content (AvgIpc) is 3.93. The van der Waals surface area contributed by atoms with Crippen LogP contribution in [0.4, 0.5) is 0 Å². The normalized spacial score (nSPS) is 14.5. The molecule has 0 bridgehead atoms. The van der Waals surface area contributed by atoms with Gasteiger partial charge in [0.2, 0.25) is 0 Å². The lowest BCUT2D eigenvalue weighted by Gasteiger charge is -2.49. The smallest absolute Gasteiger partial charge is 0.0725 e. The van der Waals surface area contributed by atoms with Crippen molar-refractivity contribution in [2.75, 3.05) is 0 Å². The van der Waals surface area contributed by atoms with Crippen LogP contribution in [0.1, 0.15) is 44.5 Å². The van der Waals surface area contributed by atoms with Crippen molar-refractivity contribution in [2.24, 2.45) is 0 Å². The molecule has 3 aliphatic carbocycles. The van der Waals surface area contributed by atoms with Gasteiger partial charge in [0, 0.05) is 16.5 Å². The topological polar surface area (TPSA) is 4.93 Å². The molecular formula is C60H37N. The van der Waals surface area contributed by atoms with Crippen LogP contribution in [0.25, 0.3) is 71.6 Å². The molecule has 11 aromatic rings. The average molecular weight is 772 g/mol. The van der Waals surface area contributed by atoms with Crippen LogP contribution in [0.5, 0.6) is 0 Å². The second-order valence-corrected chi connectivity index (χ2v) is 17.1. The first-order valence-electron chi connectivity index (χ1n) is 21.4. The van der Waals surface area contributed by atoms with Crippen LogP contribution in [0.2, 0.25) is 0 Å². The van der Waals surface area contributed by atoms with Gasteiger partial charge in [-0.05, 0) is 119 Å². The van der Waals surface area contributed by atoms with Crippen molar-refractivity contribution in [3.63, 3.8) is 0 Å². The highest BCUT2D eigenvalue weighted by Crippen LogP contribution is 2.68. The van der Waals surface area contributed by atoms with Gasteiger partial charge in [0.05, 0.1) is 21.9 Å². The summed E-state index contributed by atoms with van der Waals surface area (Å²) < 4.78 is 2.45. The number of hydrogen-bond donors (Lipinski definition) is 0. The summed E-state index contributed by atoms with van der Waals surface area (Å²) in [5.41, 5.74) is 21.1. The third-order valence-electron chi connectivity index (χ3n) is 14.5. The summed E-state index contributed by atoms with van der Waals surface area (Å²) in [6, 6.07) is 85.0. The standard InChI is InChI=1S/C60H37N/c1-2-17-39-36-41(34-32-38(39)16-1)61-56-31-14-7-22-47(56)48-37-40(33-35-57(48)61)42-23-15-30-55-58(42)60(51-26-10-5-20-45(51)46-21-6-11-27-52(46)60)54-29-13-12-28-53(54)59(55)49-24-8-3-18-43(49)44-19-4-9-25-50(44)59/h1-37H. The van der Waals surface area contributed by atoms with Crippen LogP contribution in [-0.4, -0.2) is 4.57 Å². The highest BCUT2D eigenvalue weighted by atomic mass is 15.0. The first-order valence-corrected chi connectivity index (χ1v) is 21.4. The highest BCUT2D eigenvalue weighted by Gasteiger charge is 2.59. The number of hydrogen-bond acceptors (Lipinski definition) is 0. The van der Waals surface area contributed by atoms with Gasteiger partial charge in [0.25, 0.3) is 0 Å². The fraction of sp³-hybridized carbons (Fsp3) is 0.0333. The van der Waals surface area contributed by atoms with Crippen LogP contribution in [-0.2, 0) is 10.8 Å². The molecule has 0 atom stereocenters. The van der Waals surface area contributed by atoms with Gasteiger partial charge in [-0.2, -0.15) is 0 Å². The van der Waals surface area contributed by atoms with Crippen molar-refractivity contribution in [2.45, 2.75) is 10.8 Å². The molecule has 61 heavy (non-hydrogen) atoms. The van der Waals surface area contributed by atoms with Crippen molar-refractivity contribution in [1.29, 1.82) is 0 Å². The van der Waals surface area contributed by atoms with E-state index in [2.05, 4.69) is 229 Å². The molecule has 282 valence electrons. The van der Waals surface area contributed by atoms with Gasteiger partial charge >= 0.3 is 0 Å². The Bertz CT molecular complexity index is 3580. The Labute approximate surface area is 354 Å². The monoisotopic (exact) mass is 771 g/mol. The predicted molar refractivity (Wildman–Crippen MR) is 252 cm³/mol. The minimum Gasteiger partial charge on any atom is -0.309 e. The maximum Gasteiger partial charge on any atom is 0.0725 e. The minimum absolute atomic E-state index is 0.525. The number of para-hydroxylation sites is 1. The number of fused-ring (bicyclic) bond motifs is 20. The lowest BCUT2D eigenvalue weighted by molar-refractivity contribution is 0.634. The Hall–Kier alpha value is -7.74. The van der Waals surface area contributed by atoms with Gasteiger partial charge in [-0.15, -0.1) is 0 Å². The summed E-state index contributed by atoms with van der Waals surface area (Å²) >= 11 is 0. The molecule has 10 aromatic carbocycles. The Morgan fingerprint density at radius 1 is 0.279 bits per heavy atom. The fourth-order valence-electron chi connectivity index (χ4n) is 12.3. The second kappa shape index (κ2) is 11.9. The molecular weight excluding hydrogens is 735 g/mol. The van der Waals surface area contributed by atoms with Crippen LogP contribution in [0.3, 0.4) is 0 Å². The minimum atomic E-state index is -0.568. The molecule has 0 amide bonds. The maximum atomic E-state index is 2.48. The van der Waals surface area contributed by atoms with Crippen molar-refractivity contribution in [3.05, 3.63) is 269 Å². The molecule has 1 heterocycles. The molecule has 0 fully saturated rings. The zero-order chi connectivity index (χ0) is 39.9. The van der Waals surface area contributed by atoms with Gasteiger partial charge < -0.3 is 4.57 Å². The van der Waals surface area contributed by atoms with E-state index in [1.165, 1.54) is 116 Å². The van der Waals surface area contributed by atoms with Crippen molar-refractivity contribution >= 4 is 32.6 Å². The molecule has 0 saturated carbocycles. The van der Waals surface area contributed by atoms with Gasteiger partial charge in [0.15, 0.2) is 0 Å². The highest BCUT2D eigenvalue weighted by molar-refractivity contribution is 6.11. The first-order chi connectivity index (χ1) is 30.3. The molecule has 0 saturated heterocycles. The second-order valence-electron chi connectivity index (χ2n) is 17.1. The van der Waals surface area contributed by atoms with E-state index >= 15 is 0 Å². The Morgan fingerprint density at radius 3 is 1.41 bits per heavy atom. The van der Waals surface area contributed by atoms with E-state index in [-0.39, 0.29) is 0 Å². The molecule has 1 aromatic heterocycles. The molecule has 0 unspecified atom stereocenters. The molecule has 0 N–H and O–H groups in total. The van der Waals surface area contributed by atoms with E-state index in [4.69, 9.17) is 0 Å². The Kier molecular flexibility index (Phi) is 6.48. The van der Waals surface area contributed by atoms with E-state index in [1.807, 2.05) is 0 Å². The van der Waals surface area contributed by atoms with Crippen LogP contribution in [0, 0.1) is 0 Å². The summed E-state index contributed by atoms with van der Waals surface area (Å²) in [5.74, 6) is 0. The summed E-state index contributed by atoms with van der Waals surface area (Å²) in [4.78, 5) is 0. The van der Waals surface area contributed by atoms with Gasteiger partial charge in [0.1, 0.15) is 0 Å².